The molecule has 0 aliphatic rings. The number of sulfone groups is 1. The van der Waals surface area contributed by atoms with Gasteiger partial charge in [-0.2, -0.15) is 0 Å². The fourth-order valence-corrected chi connectivity index (χ4v) is 3.13. The van der Waals surface area contributed by atoms with E-state index in [2.05, 4.69) is 10.2 Å². The van der Waals surface area contributed by atoms with Crippen LogP contribution in [-0.4, -0.2) is 40.6 Å². The van der Waals surface area contributed by atoms with Crippen LogP contribution in [0.2, 0.25) is 0 Å². The van der Waals surface area contributed by atoms with Gasteiger partial charge in [0.1, 0.15) is 0 Å². The summed E-state index contributed by atoms with van der Waals surface area (Å²) in [4.78, 5) is 0. The van der Waals surface area contributed by atoms with Crippen molar-refractivity contribution in [2.75, 3.05) is 12.4 Å². The summed E-state index contributed by atoms with van der Waals surface area (Å²) in [5.41, 5.74) is 0.807. The molecule has 0 unspecified atom stereocenters. The zero-order chi connectivity index (χ0) is 13.9. The number of hydrogen-bond acceptors (Lipinski definition) is 5. The summed E-state index contributed by atoms with van der Waals surface area (Å²) >= 11 is 0. The molecule has 1 N–H and O–H groups in total. The number of benzene rings is 1. The van der Waals surface area contributed by atoms with Gasteiger partial charge in [0.2, 0.25) is 15.0 Å². The third kappa shape index (κ3) is 2.82. The minimum Gasteiger partial charge on any atom is -0.396 e. The zero-order valence-electron chi connectivity index (χ0n) is 10.5. The highest BCUT2D eigenvalue weighted by Crippen LogP contribution is 2.19. The van der Waals surface area contributed by atoms with E-state index < -0.39 is 9.84 Å². The van der Waals surface area contributed by atoms with Crippen molar-refractivity contribution in [1.29, 1.82) is 0 Å². The van der Waals surface area contributed by atoms with E-state index in [0.29, 0.717) is 5.82 Å². The van der Waals surface area contributed by atoms with Gasteiger partial charge >= 0.3 is 0 Å². The Bertz CT molecular complexity index is 650. The normalized spacial score (nSPS) is 11.7. The fourth-order valence-electron chi connectivity index (χ4n) is 1.77. The minimum atomic E-state index is -3.51. The van der Waals surface area contributed by atoms with Crippen LogP contribution in [-0.2, 0) is 16.9 Å². The highest BCUT2D eigenvalue weighted by Gasteiger charge is 2.22. The van der Waals surface area contributed by atoms with Gasteiger partial charge in [-0.25, -0.2) is 8.42 Å². The molecule has 0 aliphatic carbocycles. The first-order chi connectivity index (χ1) is 9.06. The Balaban J connectivity index is 2.39. The molecule has 0 saturated heterocycles. The number of aromatic nitrogens is 3. The maximum absolute atomic E-state index is 12.0. The van der Waals surface area contributed by atoms with Crippen LogP contribution in [0.5, 0.6) is 0 Å². The van der Waals surface area contributed by atoms with Gasteiger partial charge in [-0.3, -0.25) is 0 Å². The molecule has 0 spiro atoms. The Labute approximate surface area is 111 Å². The lowest BCUT2D eigenvalue weighted by atomic mass is 10.2. The quantitative estimate of drug-likeness (QED) is 0.869. The van der Waals surface area contributed by atoms with E-state index in [1.807, 2.05) is 30.3 Å². The molecule has 0 atom stereocenters. The van der Waals surface area contributed by atoms with Gasteiger partial charge in [0.05, 0.1) is 5.75 Å². The first-order valence-corrected chi connectivity index (χ1v) is 7.50. The summed E-state index contributed by atoms with van der Waals surface area (Å²) in [6.45, 7) is -0.164. The standard InChI is InChI=1S/C12H15N3O3S/c1-15-11(10-6-3-2-4-7-10)13-14-12(15)19(17,18)9-5-8-16/h2-4,6-7,16H,5,8-9H2,1H3. The van der Waals surface area contributed by atoms with Crippen LogP contribution in [0.4, 0.5) is 0 Å². The number of rotatable bonds is 5. The van der Waals surface area contributed by atoms with Crippen molar-refractivity contribution in [2.24, 2.45) is 7.05 Å². The summed E-state index contributed by atoms with van der Waals surface area (Å²) in [6.07, 6.45) is 0.190. The maximum Gasteiger partial charge on any atom is 0.249 e. The van der Waals surface area contributed by atoms with E-state index in [9.17, 15) is 8.42 Å². The lowest BCUT2D eigenvalue weighted by Gasteiger charge is -2.04. The van der Waals surface area contributed by atoms with E-state index in [4.69, 9.17) is 5.11 Å². The van der Waals surface area contributed by atoms with Gasteiger partial charge in [-0.15, -0.1) is 10.2 Å². The molecule has 7 heteroatoms. The molecule has 6 nitrogen and oxygen atoms in total. The molecule has 0 radical (unpaired) electrons. The van der Waals surface area contributed by atoms with E-state index in [1.54, 1.807) is 7.05 Å². The predicted octanol–water partition coefficient (Wildman–Crippen LogP) is 0.638. The molecule has 0 amide bonds. The first-order valence-electron chi connectivity index (χ1n) is 5.84. The molecule has 1 aromatic carbocycles. The van der Waals surface area contributed by atoms with Crippen LogP contribution in [0.15, 0.2) is 35.5 Å². The van der Waals surface area contributed by atoms with E-state index in [1.165, 1.54) is 4.57 Å². The lowest BCUT2D eigenvalue weighted by Crippen LogP contribution is -2.13. The molecule has 102 valence electrons. The molecular weight excluding hydrogens is 266 g/mol. The second-order valence-corrected chi connectivity index (χ2v) is 6.13. The molecule has 0 bridgehead atoms. The van der Waals surface area contributed by atoms with Gasteiger partial charge in [-0.1, -0.05) is 30.3 Å². The monoisotopic (exact) mass is 281 g/mol. The summed E-state index contributed by atoms with van der Waals surface area (Å²) in [5.74, 6) is 0.368. The average molecular weight is 281 g/mol. The molecule has 19 heavy (non-hydrogen) atoms. The second-order valence-electron chi connectivity index (χ2n) is 4.13. The Morgan fingerprint density at radius 2 is 1.89 bits per heavy atom. The number of hydrogen-bond donors (Lipinski definition) is 1. The van der Waals surface area contributed by atoms with Crippen LogP contribution < -0.4 is 0 Å². The van der Waals surface area contributed by atoms with Crippen LogP contribution >= 0.6 is 0 Å². The molecule has 0 fully saturated rings. The van der Waals surface area contributed by atoms with E-state index in [-0.39, 0.29) is 23.9 Å². The van der Waals surface area contributed by atoms with E-state index in [0.717, 1.165) is 5.56 Å². The van der Waals surface area contributed by atoms with Crippen molar-refractivity contribution in [3.8, 4) is 11.4 Å². The number of aliphatic hydroxyl groups excluding tert-OH is 1. The second kappa shape index (κ2) is 5.50. The number of aliphatic hydroxyl groups is 1. The smallest absolute Gasteiger partial charge is 0.249 e. The molecule has 2 aromatic rings. The summed E-state index contributed by atoms with van der Waals surface area (Å²) in [7, 11) is -1.89. The van der Waals surface area contributed by atoms with Crippen molar-refractivity contribution in [1.82, 2.24) is 14.8 Å². The highest BCUT2D eigenvalue weighted by atomic mass is 32.2. The largest absolute Gasteiger partial charge is 0.396 e. The van der Waals surface area contributed by atoms with Crippen LogP contribution in [0.25, 0.3) is 11.4 Å². The van der Waals surface area contributed by atoms with Crippen molar-refractivity contribution in [3.05, 3.63) is 30.3 Å². The summed E-state index contributed by atoms with van der Waals surface area (Å²) < 4.78 is 25.5. The Morgan fingerprint density at radius 3 is 2.53 bits per heavy atom. The molecule has 0 saturated carbocycles. The predicted molar refractivity (Wildman–Crippen MR) is 70.2 cm³/mol. The Morgan fingerprint density at radius 1 is 1.21 bits per heavy atom. The van der Waals surface area contributed by atoms with Crippen molar-refractivity contribution in [3.63, 3.8) is 0 Å². The zero-order valence-corrected chi connectivity index (χ0v) is 11.3. The van der Waals surface area contributed by atoms with Crippen molar-refractivity contribution < 1.29 is 13.5 Å². The van der Waals surface area contributed by atoms with Crippen molar-refractivity contribution in [2.45, 2.75) is 11.6 Å². The Hall–Kier alpha value is -1.73. The third-order valence-corrected chi connectivity index (χ3v) is 4.45. The average Bonchev–Trinajstić information content (AvgIpc) is 2.80. The summed E-state index contributed by atoms with van der Waals surface area (Å²) in [6, 6.07) is 9.26. The van der Waals surface area contributed by atoms with E-state index >= 15 is 0 Å². The molecule has 0 aliphatic heterocycles. The van der Waals surface area contributed by atoms with Gasteiger partial charge in [0.25, 0.3) is 0 Å². The topological polar surface area (TPSA) is 85.1 Å². The molecule has 2 rings (SSSR count). The third-order valence-electron chi connectivity index (χ3n) is 2.72. The van der Waals surface area contributed by atoms with Crippen LogP contribution in [0, 0.1) is 0 Å². The maximum atomic E-state index is 12.0. The minimum absolute atomic E-state index is 0.0696. The van der Waals surface area contributed by atoms with Crippen molar-refractivity contribution >= 4 is 9.84 Å². The van der Waals surface area contributed by atoms with Crippen LogP contribution in [0.1, 0.15) is 6.42 Å². The van der Waals surface area contributed by atoms with Crippen LogP contribution in [0.3, 0.4) is 0 Å². The first kappa shape index (κ1) is 13.7. The molecule has 1 aromatic heterocycles. The fraction of sp³-hybridized carbons (Fsp3) is 0.333. The highest BCUT2D eigenvalue weighted by molar-refractivity contribution is 7.91. The lowest BCUT2D eigenvalue weighted by molar-refractivity contribution is 0.295. The Kier molecular flexibility index (Phi) is 3.96. The SMILES string of the molecule is Cn1c(-c2ccccc2)nnc1S(=O)(=O)CCCO. The molecular formula is C12H15N3O3S. The molecule has 1 heterocycles. The van der Waals surface area contributed by atoms with Gasteiger partial charge in [0.15, 0.2) is 5.82 Å². The number of nitrogens with zero attached hydrogens (tertiary/aromatic N) is 3. The van der Waals surface area contributed by atoms with Gasteiger partial charge < -0.3 is 9.67 Å². The van der Waals surface area contributed by atoms with Gasteiger partial charge in [0, 0.05) is 19.2 Å². The van der Waals surface area contributed by atoms with Gasteiger partial charge in [-0.05, 0) is 6.42 Å². The summed E-state index contributed by atoms with van der Waals surface area (Å²) in [5, 5.41) is 16.3.